The van der Waals surface area contributed by atoms with Crippen molar-refractivity contribution in [1.29, 1.82) is 0 Å². The topological polar surface area (TPSA) is 88.6 Å². The summed E-state index contributed by atoms with van der Waals surface area (Å²) in [5.74, 6) is 0.436. The molecule has 2 rings (SSSR count). The van der Waals surface area contributed by atoms with Crippen LogP contribution in [0.25, 0.3) is 6.08 Å². The van der Waals surface area contributed by atoms with Crippen molar-refractivity contribution in [2.75, 3.05) is 25.9 Å². The smallest absolute Gasteiger partial charge is 0.244 e. The van der Waals surface area contributed by atoms with Crippen LogP contribution in [0.2, 0.25) is 0 Å². The maximum Gasteiger partial charge on any atom is 0.244 e. The highest BCUT2D eigenvalue weighted by atomic mass is 32.2. The number of rotatable bonds is 11. The third-order valence-electron chi connectivity index (χ3n) is 4.08. The van der Waals surface area contributed by atoms with Gasteiger partial charge in [0.1, 0.15) is 12.4 Å². The average Bonchev–Trinajstić information content (AvgIpc) is 3.09. The fraction of sp³-hybridized carbons (Fsp3) is 0.400. The second-order valence-corrected chi connectivity index (χ2v) is 9.46. The Morgan fingerprint density at radius 3 is 2.76 bits per heavy atom. The number of amides is 1. The van der Waals surface area contributed by atoms with E-state index in [1.165, 1.54) is 16.6 Å². The number of carbonyl (C=O) groups is 1. The van der Waals surface area contributed by atoms with Crippen LogP contribution < -0.4 is 10.1 Å². The summed E-state index contributed by atoms with van der Waals surface area (Å²) in [5, 5.41) is 5.72. The lowest BCUT2D eigenvalue weighted by molar-refractivity contribution is -0.116. The van der Waals surface area contributed by atoms with Crippen molar-refractivity contribution < 1.29 is 17.9 Å². The fourth-order valence-corrected chi connectivity index (χ4v) is 4.15. The van der Waals surface area contributed by atoms with E-state index < -0.39 is 10.0 Å². The van der Waals surface area contributed by atoms with Crippen molar-refractivity contribution in [2.24, 2.45) is 0 Å². The lowest BCUT2D eigenvalue weighted by Crippen LogP contribution is -2.33. The number of ether oxygens (including phenoxy) is 1. The summed E-state index contributed by atoms with van der Waals surface area (Å²) in [5.41, 5.74) is 1.67. The van der Waals surface area contributed by atoms with Crippen LogP contribution in [0, 0.1) is 6.92 Å². The number of aryl methyl sites for hydroxylation is 1. The molecule has 1 heterocycles. The summed E-state index contributed by atoms with van der Waals surface area (Å²) in [6.45, 7) is 5.31. The summed E-state index contributed by atoms with van der Waals surface area (Å²) in [6.07, 6.45) is 4.88. The van der Waals surface area contributed by atoms with Crippen molar-refractivity contribution in [3.05, 3.63) is 52.0 Å². The first-order valence-corrected chi connectivity index (χ1v) is 12.1. The summed E-state index contributed by atoms with van der Waals surface area (Å²) >= 11 is 1.58. The molecule has 1 aromatic carbocycles. The summed E-state index contributed by atoms with van der Waals surface area (Å²) in [4.78, 5) is 16.4. The normalized spacial score (nSPS) is 11.9. The number of sulfonamides is 1. The average molecular weight is 438 g/mol. The minimum atomic E-state index is -3.20. The van der Waals surface area contributed by atoms with E-state index in [9.17, 15) is 13.2 Å². The largest absolute Gasteiger partial charge is 0.487 e. The third-order valence-corrected chi connectivity index (χ3v) is 6.28. The lowest BCUT2D eigenvalue weighted by atomic mass is 10.2. The Kier molecular flexibility index (Phi) is 8.81. The van der Waals surface area contributed by atoms with Gasteiger partial charge in [0, 0.05) is 36.7 Å². The van der Waals surface area contributed by atoms with Crippen LogP contribution in [0.4, 0.5) is 0 Å². The predicted octanol–water partition coefficient (Wildman–Crippen LogP) is 2.83. The first-order valence-electron chi connectivity index (χ1n) is 9.33. The van der Waals surface area contributed by atoms with Gasteiger partial charge in [-0.05, 0) is 25.5 Å². The number of nitrogens with zero attached hydrogens (tertiary/aromatic N) is 2. The van der Waals surface area contributed by atoms with Gasteiger partial charge in [-0.15, -0.1) is 11.3 Å². The second-order valence-electron chi connectivity index (χ2n) is 6.42. The Bertz CT molecular complexity index is 939. The number of hydrogen-bond acceptors (Lipinski definition) is 6. The van der Waals surface area contributed by atoms with Gasteiger partial charge in [0.15, 0.2) is 0 Å². The summed E-state index contributed by atoms with van der Waals surface area (Å²) in [6, 6.07) is 7.47. The molecule has 0 spiro atoms. The van der Waals surface area contributed by atoms with Gasteiger partial charge >= 0.3 is 0 Å². The van der Waals surface area contributed by atoms with Gasteiger partial charge in [0.2, 0.25) is 15.9 Å². The molecule has 0 aliphatic carbocycles. The quantitative estimate of drug-likeness (QED) is 0.431. The molecule has 158 valence electrons. The predicted molar refractivity (Wildman–Crippen MR) is 116 cm³/mol. The standard InChI is InChI=1S/C20H27N3O4S2/c1-4-23(29(3,25)26)13-7-12-21-20(24)11-10-17-8-5-6-9-19(17)27-14-18-15-28-16(2)22-18/h5-6,8-11,15H,4,7,12-14H2,1-3H3,(H,21,24). The molecule has 0 radical (unpaired) electrons. The van der Waals surface area contributed by atoms with Crippen molar-refractivity contribution in [3.8, 4) is 5.75 Å². The van der Waals surface area contributed by atoms with E-state index in [0.717, 1.165) is 16.3 Å². The van der Waals surface area contributed by atoms with Crippen LogP contribution in [0.5, 0.6) is 5.75 Å². The van der Waals surface area contributed by atoms with E-state index in [-0.39, 0.29) is 5.91 Å². The molecule has 0 fully saturated rings. The maximum absolute atomic E-state index is 12.0. The van der Waals surface area contributed by atoms with Gasteiger partial charge in [0.25, 0.3) is 0 Å². The molecule has 29 heavy (non-hydrogen) atoms. The van der Waals surface area contributed by atoms with Crippen LogP contribution in [0.3, 0.4) is 0 Å². The number of hydrogen-bond donors (Lipinski definition) is 1. The van der Waals surface area contributed by atoms with Gasteiger partial charge in [-0.3, -0.25) is 4.79 Å². The molecule has 1 N–H and O–H groups in total. The maximum atomic E-state index is 12.0. The lowest BCUT2D eigenvalue weighted by Gasteiger charge is -2.17. The highest BCUT2D eigenvalue weighted by molar-refractivity contribution is 7.88. The molecule has 1 amide bonds. The molecule has 2 aromatic rings. The van der Waals surface area contributed by atoms with Crippen molar-refractivity contribution in [3.63, 3.8) is 0 Å². The monoisotopic (exact) mass is 437 g/mol. The number of carbonyl (C=O) groups excluding carboxylic acids is 1. The highest BCUT2D eigenvalue weighted by Crippen LogP contribution is 2.21. The molecule has 0 aliphatic heterocycles. The Morgan fingerprint density at radius 1 is 1.34 bits per heavy atom. The fourth-order valence-electron chi connectivity index (χ4n) is 2.63. The van der Waals surface area contributed by atoms with Crippen molar-refractivity contribution >= 4 is 33.3 Å². The highest BCUT2D eigenvalue weighted by Gasteiger charge is 2.13. The number of aromatic nitrogens is 1. The molecule has 1 aromatic heterocycles. The number of thiazole rings is 1. The van der Waals surface area contributed by atoms with Gasteiger partial charge < -0.3 is 10.1 Å². The number of para-hydroxylation sites is 1. The molecule has 0 bridgehead atoms. The molecule has 0 atom stereocenters. The SMILES string of the molecule is CCN(CCCNC(=O)C=Cc1ccccc1OCc1csc(C)n1)S(C)(=O)=O. The summed E-state index contributed by atoms with van der Waals surface area (Å²) < 4.78 is 30.3. The van der Waals surface area contributed by atoms with Gasteiger partial charge in [-0.25, -0.2) is 17.7 Å². The Morgan fingerprint density at radius 2 is 2.10 bits per heavy atom. The van der Waals surface area contributed by atoms with E-state index in [4.69, 9.17) is 4.74 Å². The third kappa shape index (κ3) is 7.96. The van der Waals surface area contributed by atoms with E-state index in [1.807, 2.05) is 36.6 Å². The van der Waals surface area contributed by atoms with Gasteiger partial charge in [0.05, 0.1) is 17.0 Å². The van der Waals surface area contributed by atoms with E-state index in [1.54, 1.807) is 24.3 Å². The molecule has 7 nitrogen and oxygen atoms in total. The first-order chi connectivity index (χ1) is 13.8. The summed E-state index contributed by atoms with van der Waals surface area (Å²) in [7, 11) is -3.20. The number of nitrogens with one attached hydrogen (secondary N) is 1. The first kappa shape index (κ1) is 23.1. The van der Waals surface area contributed by atoms with Crippen LogP contribution in [0.15, 0.2) is 35.7 Å². The van der Waals surface area contributed by atoms with Crippen LogP contribution in [-0.4, -0.2) is 49.5 Å². The molecular formula is C20H27N3O4S2. The zero-order chi connectivity index (χ0) is 21.3. The van der Waals surface area contributed by atoms with Crippen molar-refractivity contribution in [1.82, 2.24) is 14.6 Å². The Hall–Kier alpha value is -2.23. The van der Waals surface area contributed by atoms with Gasteiger partial charge in [-0.2, -0.15) is 0 Å². The zero-order valence-electron chi connectivity index (χ0n) is 16.9. The van der Waals surface area contributed by atoms with Crippen LogP contribution in [-0.2, 0) is 21.4 Å². The Balaban J connectivity index is 1.83. The van der Waals surface area contributed by atoms with Crippen LogP contribution in [0.1, 0.15) is 29.6 Å². The number of benzene rings is 1. The molecule has 0 saturated carbocycles. The minimum Gasteiger partial charge on any atom is -0.487 e. The minimum absolute atomic E-state index is 0.239. The molecular weight excluding hydrogens is 410 g/mol. The van der Waals surface area contributed by atoms with E-state index >= 15 is 0 Å². The molecule has 0 unspecified atom stereocenters. The zero-order valence-corrected chi connectivity index (χ0v) is 18.6. The van der Waals surface area contributed by atoms with E-state index in [2.05, 4.69) is 10.3 Å². The second kappa shape index (κ2) is 11.1. The molecule has 0 saturated heterocycles. The Labute approximate surface area is 176 Å². The molecule has 9 heteroatoms. The van der Waals surface area contributed by atoms with Gasteiger partial charge in [-0.1, -0.05) is 25.1 Å². The van der Waals surface area contributed by atoms with E-state index in [0.29, 0.717) is 38.4 Å². The molecule has 0 aliphatic rings. The van der Waals surface area contributed by atoms with Crippen LogP contribution >= 0.6 is 11.3 Å². The van der Waals surface area contributed by atoms with Crippen molar-refractivity contribution in [2.45, 2.75) is 26.9 Å².